The average molecular weight is 345 g/mol. The number of anilines is 1. The van der Waals surface area contributed by atoms with E-state index in [-0.39, 0.29) is 0 Å². The Bertz CT molecular complexity index is 1270. The number of hydrogen-bond donors (Lipinski definition) is 1. The predicted molar refractivity (Wildman–Crippen MR) is 117 cm³/mol. The quantitative estimate of drug-likeness (QED) is 0.273. The number of nitrogen functional groups attached to an aromatic ring is 1. The third-order valence-electron chi connectivity index (χ3n) is 5.19. The van der Waals surface area contributed by atoms with Gasteiger partial charge in [-0.1, -0.05) is 78.9 Å². The van der Waals surface area contributed by atoms with Crippen LogP contribution >= 0.6 is 0 Å². The first-order valence-corrected chi connectivity index (χ1v) is 9.16. The van der Waals surface area contributed by atoms with Gasteiger partial charge in [-0.3, -0.25) is 0 Å². The molecule has 0 saturated heterocycles. The summed E-state index contributed by atoms with van der Waals surface area (Å²) in [6.07, 6.45) is 0. The number of rotatable bonds is 2. The van der Waals surface area contributed by atoms with Crippen molar-refractivity contribution in [2.24, 2.45) is 0 Å². The highest BCUT2D eigenvalue weighted by atomic mass is 14.5. The zero-order valence-electron chi connectivity index (χ0n) is 14.9. The van der Waals surface area contributed by atoms with Crippen LogP contribution in [-0.2, 0) is 0 Å². The summed E-state index contributed by atoms with van der Waals surface area (Å²) in [4.78, 5) is 0. The van der Waals surface area contributed by atoms with E-state index >= 15 is 0 Å². The first-order valence-electron chi connectivity index (χ1n) is 9.16. The molecule has 0 saturated carbocycles. The van der Waals surface area contributed by atoms with Crippen LogP contribution in [0.5, 0.6) is 0 Å². The summed E-state index contributed by atoms with van der Waals surface area (Å²) >= 11 is 0. The van der Waals surface area contributed by atoms with E-state index in [4.69, 9.17) is 5.73 Å². The highest BCUT2D eigenvalue weighted by molar-refractivity contribution is 6.13. The summed E-state index contributed by atoms with van der Waals surface area (Å²) in [7, 11) is 0. The largest absolute Gasteiger partial charge is 0.399 e. The minimum absolute atomic E-state index is 0.787. The van der Waals surface area contributed by atoms with E-state index < -0.39 is 0 Å². The van der Waals surface area contributed by atoms with Crippen LogP contribution in [0.1, 0.15) is 0 Å². The second-order valence-electron chi connectivity index (χ2n) is 6.89. The van der Waals surface area contributed by atoms with Gasteiger partial charge in [-0.05, 0) is 68.1 Å². The van der Waals surface area contributed by atoms with Crippen LogP contribution in [0.3, 0.4) is 0 Å². The van der Waals surface area contributed by atoms with Gasteiger partial charge in [0.05, 0.1) is 0 Å². The topological polar surface area (TPSA) is 26.0 Å². The van der Waals surface area contributed by atoms with Crippen molar-refractivity contribution in [3.05, 3.63) is 103 Å². The Morgan fingerprint density at radius 3 is 1.93 bits per heavy atom. The van der Waals surface area contributed by atoms with Crippen molar-refractivity contribution in [2.75, 3.05) is 5.73 Å². The van der Waals surface area contributed by atoms with Crippen molar-refractivity contribution in [2.45, 2.75) is 0 Å². The molecule has 0 radical (unpaired) electrons. The molecule has 1 heteroatoms. The molecule has 0 aromatic heterocycles. The molecule has 0 bridgehead atoms. The van der Waals surface area contributed by atoms with Crippen molar-refractivity contribution in [3.63, 3.8) is 0 Å². The lowest BCUT2D eigenvalue weighted by molar-refractivity contribution is 1.60. The standard InChI is InChI=1S/C26H19N/c27-22-14-12-18(13-15-22)19-7-5-8-20(16-19)26-17-21-6-1-2-9-23(21)24-10-3-4-11-25(24)26/h1-17H,27H2. The fourth-order valence-corrected chi connectivity index (χ4v) is 3.83. The number of nitrogens with two attached hydrogens (primary N) is 1. The molecule has 27 heavy (non-hydrogen) atoms. The van der Waals surface area contributed by atoms with Gasteiger partial charge >= 0.3 is 0 Å². The van der Waals surface area contributed by atoms with E-state index in [1.54, 1.807) is 0 Å². The first-order chi connectivity index (χ1) is 13.3. The monoisotopic (exact) mass is 345 g/mol. The Morgan fingerprint density at radius 1 is 0.444 bits per heavy atom. The van der Waals surface area contributed by atoms with E-state index in [0.717, 1.165) is 5.69 Å². The molecule has 0 heterocycles. The van der Waals surface area contributed by atoms with Gasteiger partial charge in [0.2, 0.25) is 0 Å². The average Bonchev–Trinajstić information content (AvgIpc) is 2.74. The van der Waals surface area contributed by atoms with Crippen molar-refractivity contribution in [1.29, 1.82) is 0 Å². The zero-order valence-corrected chi connectivity index (χ0v) is 14.9. The molecule has 0 amide bonds. The lowest BCUT2D eigenvalue weighted by Gasteiger charge is -2.12. The molecule has 5 aromatic rings. The summed E-state index contributed by atoms with van der Waals surface area (Å²) in [6.45, 7) is 0. The van der Waals surface area contributed by atoms with E-state index in [2.05, 4.69) is 91.0 Å². The molecule has 2 N–H and O–H groups in total. The van der Waals surface area contributed by atoms with E-state index in [1.165, 1.54) is 43.8 Å². The van der Waals surface area contributed by atoms with Gasteiger partial charge in [-0.2, -0.15) is 0 Å². The third-order valence-corrected chi connectivity index (χ3v) is 5.19. The van der Waals surface area contributed by atoms with Gasteiger partial charge in [0.15, 0.2) is 0 Å². The molecule has 128 valence electrons. The minimum atomic E-state index is 0.787. The van der Waals surface area contributed by atoms with E-state index in [0.29, 0.717) is 0 Å². The van der Waals surface area contributed by atoms with E-state index in [9.17, 15) is 0 Å². The fourth-order valence-electron chi connectivity index (χ4n) is 3.83. The molecule has 0 aliphatic carbocycles. The van der Waals surface area contributed by atoms with Gasteiger partial charge in [0.25, 0.3) is 0 Å². The van der Waals surface area contributed by atoms with Crippen molar-refractivity contribution < 1.29 is 0 Å². The first kappa shape index (κ1) is 15.7. The Hall–Kier alpha value is -3.58. The smallest absolute Gasteiger partial charge is 0.0314 e. The Kier molecular flexibility index (Phi) is 3.65. The highest BCUT2D eigenvalue weighted by Gasteiger charge is 2.09. The lowest BCUT2D eigenvalue weighted by Crippen LogP contribution is -1.87. The second kappa shape index (κ2) is 6.30. The number of hydrogen-bond acceptors (Lipinski definition) is 1. The molecule has 5 aromatic carbocycles. The maximum Gasteiger partial charge on any atom is 0.0314 e. The Balaban J connectivity index is 1.76. The Morgan fingerprint density at radius 2 is 1.11 bits per heavy atom. The van der Waals surface area contributed by atoms with Gasteiger partial charge in [0, 0.05) is 5.69 Å². The van der Waals surface area contributed by atoms with Crippen LogP contribution in [0.4, 0.5) is 5.69 Å². The van der Waals surface area contributed by atoms with Crippen molar-refractivity contribution in [1.82, 2.24) is 0 Å². The second-order valence-corrected chi connectivity index (χ2v) is 6.89. The molecule has 1 nitrogen and oxygen atoms in total. The van der Waals surface area contributed by atoms with E-state index in [1.807, 2.05) is 12.1 Å². The SMILES string of the molecule is Nc1ccc(-c2cccc(-c3cc4ccccc4c4ccccc34)c2)cc1. The molecule has 0 fully saturated rings. The highest BCUT2D eigenvalue weighted by Crippen LogP contribution is 2.36. The molecular weight excluding hydrogens is 326 g/mol. The normalized spacial score (nSPS) is 11.1. The molecule has 5 rings (SSSR count). The van der Waals surface area contributed by atoms with Crippen LogP contribution in [0, 0.1) is 0 Å². The molecule has 0 spiro atoms. The molecule has 0 atom stereocenters. The third kappa shape index (κ3) is 2.74. The summed E-state index contributed by atoms with van der Waals surface area (Å²) in [5, 5.41) is 5.14. The number of benzene rings is 5. The molecule has 0 unspecified atom stereocenters. The summed E-state index contributed by atoms with van der Waals surface area (Å²) < 4.78 is 0. The molecule has 0 aliphatic heterocycles. The van der Waals surface area contributed by atoms with Gasteiger partial charge < -0.3 is 5.73 Å². The van der Waals surface area contributed by atoms with Gasteiger partial charge in [0.1, 0.15) is 0 Å². The Labute approximate surface area is 158 Å². The lowest BCUT2D eigenvalue weighted by atomic mass is 9.92. The zero-order chi connectivity index (χ0) is 18.2. The molecular formula is C26H19N. The van der Waals surface area contributed by atoms with Crippen molar-refractivity contribution in [3.8, 4) is 22.3 Å². The maximum absolute atomic E-state index is 5.84. The van der Waals surface area contributed by atoms with Crippen LogP contribution in [-0.4, -0.2) is 0 Å². The van der Waals surface area contributed by atoms with Gasteiger partial charge in [-0.15, -0.1) is 0 Å². The van der Waals surface area contributed by atoms with Crippen LogP contribution in [0.2, 0.25) is 0 Å². The predicted octanol–water partition coefficient (Wildman–Crippen LogP) is 6.91. The summed E-state index contributed by atoms with van der Waals surface area (Å²) in [6, 6.07) is 36.4. The summed E-state index contributed by atoms with van der Waals surface area (Å²) in [5.74, 6) is 0. The summed E-state index contributed by atoms with van der Waals surface area (Å²) in [5.41, 5.74) is 11.5. The van der Waals surface area contributed by atoms with Crippen LogP contribution < -0.4 is 5.73 Å². The van der Waals surface area contributed by atoms with Crippen LogP contribution in [0.15, 0.2) is 103 Å². The fraction of sp³-hybridized carbons (Fsp3) is 0. The van der Waals surface area contributed by atoms with Crippen molar-refractivity contribution >= 4 is 27.2 Å². The number of fused-ring (bicyclic) bond motifs is 3. The van der Waals surface area contributed by atoms with Gasteiger partial charge in [-0.25, -0.2) is 0 Å². The molecule has 0 aliphatic rings. The minimum Gasteiger partial charge on any atom is -0.399 e. The van der Waals surface area contributed by atoms with Crippen LogP contribution in [0.25, 0.3) is 43.8 Å². The maximum atomic E-state index is 5.84.